The summed E-state index contributed by atoms with van der Waals surface area (Å²) in [4.78, 5) is 12.3. The molecule has 0 aliphatic carbocycles. The second-order valence-electron chi connectivity index (χ2n) is 5.48. The Bertz CT molecular complexity index is 834. The van der Waals surface area contributed by atoms with Crippen LogP contribution in [-0.4, -0.2) is 21.4 Å². The van der Waals surface area contributed by atoms with Gasteiger partial charge in [-0.15, -0.1) is 10.2 Å². The predicted molar refractivity (Wildman–Crippen MR) is 105 cm³/mol. The third kappa shape index (κ3) is 5.04. The molecule has 0 saturated carbocycles. The predicted octanol–water partition coefficient (Wildman–Crippen LogP) is 4.71. The number of carbonyl (C=O) groups excluding carboxylic acids is 1. The summed E-state index contributed by atoms with van der Waals surface area (Å²) in [6, 6.07) is 17.5. The molecule has 25 heavy (non-hydrogen) atoms. The van der Waals surface area contributed by atoms with Crippen molar-refractivity contribution in [3.63, 3.8) is 0 Å². The number of rotatable bonds is 6. The smallest absolute Gasteiger partial charge is 0.237 e. The largest absolute Gasteiger partial charge is 0.330 e. The van der Waals surface area contributed by atoms with Gasteiger partial charge in [0.25, 0.3) is 0 Å². The van der Waals surface area contributed by atoms with Crippen molar-refractivity contribution in [2.75, 3.05) is 10.6 Å². The standard InChI is InChI=1S/C18H18N4OS2/c1-12-8-10-15(11-9-12)20-17-21-22-18(25-17)24-13(2)16(23)19-14-6-4-3-5-7-14/h3-11,13H,1-2H3,(H,19,23)(H,20,21). The minimum absolute atomic E-state index is 0.0561. The first-order valence-electron chi connectivity index (χ1n) is 7.80. The Hall–Kier alpha value is -2.38. The lowest BCUT2D eigenvalue weighted by Gasteiger charge is -2.09. The fourth-order valence-corrected chi connectivity index (χ4v) is 3.95. The maximum Gasteiger partial charge on any atom is 0.237 e. The van der Waals surface area contributed by atoms with E-state index >= 15 is 0 Å². The van der Waals surface area contributed by atoms with Crippen LogP contribution in [0.1, 0.15) is 12.5 Å². The molecule has 0 bridgehead atoms. The van der Waals surface area contributed by atoms with Gasteiger partial charge in [0.1, 0.15) is 0 Å². The number of aryl methyl sites for hydroxylation is 1. The van der Waals surface area contributed by atoms with Gasteiger partial charge in [0.15, 0.2) is 4.34 Å². The van der Waals surface area contributed by atoms with E-state index in [4.69, 9.17) is 0 Å². The average Bonchev–Trinajstić information content (AvgIpc) is 3.04. The third-order valence-corrected chi connectivity index (χ3v) is 5.42. The minimum atomic E-state index is -0.264. The topological polar surface area (TPSA) is 66.9 Å². The van der Waals surface area contributed by atoms with Crippen molar-refractivity contribution >= 4 is 45.5 Å². The molecular weight excluding hydrogens is 352 g/mol. The van der Waals surface area contributed by atoms with Crippen molar-refractivity contribution in [2.45, 2.75) is 23.4 Å². The Morgan fingerprint density at radius 1 is 1.04 bits per heavy atom. The fourth-order valence-electron chi connectivity index (χ4n) is 2.04. The second kappa shape index (κ2) is 8.13. The van der Waals surface area contributed by atoms with Gasteiger partial charge in [-0.25, -0.2) is 0 Å². The number of benzene rings is 2. The monoisotopic (exact) mass is 370 g/mol. The van der Waals surface area contributed by atoms with Crippen LogP contribution >= 0.6 is 23.1 Å². The van der Waals surface area contributed by atoms with Crippen molar-refractivity contribution in [1.82, 2.24) is 10.2 Å². The molecule has 1 aromatic heterocycles. The third-order valence-electron chi connectivity index (χ3n) is 3.40. The van der Waals surface area contributed by atoms with Crippen LogP contribution in [0.25, 0.3) is 0 Å². The van der Waals surface area contributed by atoms with Gasteiger partial charge in [0.2, 0.25) is 11.0 Å². The van der Waals surface area contributed by atoms with Gasteiger partial charge in [-0.2, -0.15) is 0 Å². The second-order valence-corrected chi connectivity index (χ2v) is 8.04. The van der Waals surface area contributed by atoms with Crippen molar-refractivity contribution in [1.29, 1.82) is 0 Å². The maximum atomic E-state index is 12.3. The van der Waals surface area contributed by atoms with Crippen LogP contribution < -0.4 is 10.6 Å². The van der Waals surface area contributed by atoms with Gasteiger partial charge in [-0.1, -0.05) is 59.0 Å². The molecule has 128 valence electrons. The summed E-state index contributed by atoms with van der Waals surface area (Å²) >= 11 is 2.83. The summed E-state index contributed by atoms with van der Waals surface area (Å²) in [5.74, 6) is -0.0561. The van der Waals surface area contributed by atoms with E-state index in [2.05, 4.69) is 20.8 Å². The van der Waals surface area contributed by atoms with E-state index < -0.39 is 0 Å². The van der Waals surface area contributed by atoms with E-state index in [-0.39, 0.29) is 11.2 Å². The molecule has 3 aromatic rings. The number of nitrogens with one attached hydrogen (secondary N) is 2. The SMILES string of the molecule is Cc1ccc(Nc2nnc(SC(C)C(=O)Nc3ccccc3)s2)cc1. The molecule has 0 saturated heterocycles. The zero-order valence-corrected chi connectivity index (χ0v) is 15.5. The number of para-hydroxylation sites is 1. The number of amides is 1. The first kappa shape index (κ1) is 17.4. The summed E-state index contributed by atoms with van der Waals surface area (Å²) in [6.45, 7) is 3.91. The number of aromatic nitrogens is 2. The highest BCUT2D eigenvalue weighted by Gasteiger charge is 2.17. The number of anilines is 3. The summed E-state index contributed by atoms with van der Waals surface area (Å²) in [5.41, 5.74) is 2.96. The molecule has 5 nitrogen and oxygen atoms in total. The zero-order chi connectivity index (χ0) is 17.6. The van der Waals surface area contributed by atoms with Crippen LogP contribution in [0.15, 0.2) is 58.9 Å². The van der Waals surface area contributed by atoms with Gasteiger partial charge in [0.05, 0.1) is 5.25 Å². The van der Waals surface area contributed by atoms with Crippen LogP contribution in [0.5, 0.6) is 0 Å². The molecule has 1 atom stereocenters. The van der Waals surface area contributed by atoms with Crippen LogP contribution in [0, 0.1) is 6.92 Å². The molecule has 2 N–H and O–H groups in total. The highest BCUT2D eigenvalue weighted by Crippen LogP contribution is 2.30. The van der Waals surface area contributed by atoms with Gasteiger partial charge < -0.3 is 10.6 Å². The Morgan fingerprint density at radius 2 is 1.76 bits per heavy atom. The average molecular weight is 371 g/mol. The van der Waals surface area contributed by atoms with E-state index in [0.717, 1.165) is 15.7 Å². The minimum Gasteiger partial charge on any atom is -0.330 e. The Balaban J connectivity index is 1.57. The Morgan fingerprint density at radius 3 is 2.48 bits per heavy atom. The van der Waals surface area contributed by atoms with Crippen molar-refractivity contribution < 1.29 is 4.79 Å². The molecule has 0 spiro atoms. The Labute approximate surface area is 154 Å². The van der Waals surface area contributed by atoms with Crippen molar-refractivity contribution in [2.24, 2.45) is 0 Å². The molecule has 0 fully saturated rings. The van der Waals surface area contributed by atoms with E-state index in [1.54, 1.807) is 0 Å². The lowest BCUT2D eigenvalue weighted by Crippen LogP contribution is -2.22. The molecule has 0 radical (unpaired) electrons. The normalized spacial score (nSPS) is 11.8. The molecule has 0 aliphatic heterocycles. The molecule has 7 heteroatoms. The van der Waals surface area contributed by atoms with Gasteiger partial charge in [0, 0.05) is 11.4 Å². The summed E-state index contributed by atoms with van der Waals surface area (Å²) in [5, 5.41) is 14.8. The lowest BCUT2D eigenvalue weighted by atomic mass is 10.2. The van der Waals surface area contributed by atoms with Crippen LogP contribution in [0.3, 0.4) is 0 Å². The van der Waals surface area contributed by atoms with Crippen LogP contribution in [-0.2, 0) is 4.79 Å². The van der Waals surface area contributed by atoms with E-state index in [1.807, 2.05) is 68.4 Å². The summed E-state index contributed by atoms with van der Waals surface area (Å²) < 4.78 is 0.755. The van der Waals surface area contributed by atoms with Crippen LogP contribution in [0.4, 0.5) is 16.5 Å². The highest BCUT2D eigenvalue weighted by atomic mass is 32.2. The highest BCUT2D eigenvalue weighted by molar-refractivity contribution is 8.02. The Kier molecular flexibility index (Phi) is 5.67. The quantitative estimate of drug-likeness (QED) is 0.615. The number of carbonyl (C=O) groups is 1. The fraction of sp³-hybridized carbons (Fsp3) is 0.167. The van der Waals surface area contributed by atoms with Crippen LogP contribution in [0.2, 0.25) is 0 Å². The van der Waals surface area contributed by atoms with Gasteiger partial charge in [-0.05, 0) is 38.1 Å². The molecule has 1 heterocycles. The van der Waals surface area contributed by atoms with Gasteiger partial charge >= 0.3 is 0 Å². The molecule has 3 rings (SSSR count). The summed E-state index contributed by atoms with van der Waals surface area (Å²) in [7, 11) is 0. The number of hydrogen-bond acceptors (Lipinski definition) is 6. The van der Waals surface area contributed by atoms with Crippen molar-refractivity contribution in [3.8, 4) is 0 Å². The molecule has 0 aliphatic rings. The summed E-state index contributed by atoms with van der Waals surface area (Å²) in [6.07, 6.45) is 0. The first-order chi connectivity index (χ1) is 12.1. The lowest BCUT2D eigenvalue weighted by molar-refractivity contribution is -0.115. The van der Waals surface area contributed by atoms with Crippen molar-refractivity contribution in [3.05, 3.63) is 60.2 Å². The number of hydrogen-bond donors (Lipinski definition) is 2. The van der Waals surface area contributed by atoms with Gasteiger partial charge in [-0.3, -0.25) is 4.79 Å². The molecule has 2 aromatic carbocycles. The molecular formula is C18H18N4OS2. The van der Waals surface area contributed by atoms with E-state index in [9.17, 15) is 4.79 Å². The molecule has 1 unspecified atom stereocenters. The molecule has 1 amide bonds. The number of thioether (sulfide) groups is 1. The zero-order valence-electron chi connectivity index (χ0n) is 13.9. The van der Waals surface area contributed by atoms with E-state index in [0.29, 0.717) is 5.13 Å². The van der Waals surface area contributed by atoms with E-state index in [1.165, 1.54) is 28.7 Å². The maximum absolute atomic E-state index is 12.3. The number of nitrogens with zero attached hydrogens (tertiary/aromatic N) is 2. The first-order valence-corrected chi connectivity index (χ1v) is 9.49.